The molecule has 2 aromatic heterocycles. The van der Waals surface area contributed by atoms with Crippen LogP contribution in [0.4, 0.5) is 16.3 Å². The molecule has 6 N–H and O–H groups in total. The van der Waals surface area contributed by atoms with E-state index in [2.05, 4.69) is 20.6 Å². The number of hydrogen-bond donors (Lipinski definition) is 5. The van der Waals surface area contributed by atoms with Gasteiger partial charge in [-0.05, 0) is 18.6 Å². The molecule has 0 spiro atoms. The third-order valence-electron chi connectivity index (χ3n) is 3.71. The largest absolute Gasteiger partial charge is 0.481 e. The quantitative estimate of drug-likeness (QED) is 0.393. The van der Waals surface area contributed by atoms with Crippen molar-refractivity contribution in [3.8, 4) is 0 Å². The fraction of sp³-hybridized carbons (Fsp3) is 0.294. The summed E-state index contributed by atoms with van der Waals surface area (Å²) in [6, 6.07) is 6.16. The van der Waals surface area contributed by atoms with Gasteiger partial charge >= 0.3 is 6.03 Å². The number of urea groups is 1. The Morgan fingerprint density at radius 3 is 2.81 bits per heavy atom. The lowest BCUT2D eigenvalue weighted by Gasteiger charge is -2.17. The molecule has 1 unspecified atom stereocenters. The van der Waals surface area contributed by atoms with Crippen LogP contribution in [0.1, 0.15) is 36.3 Å². The number of methoxy groups -OCH3 is 1. The summed E-state index contributed by atoms with van der Waals surface area (Å²) in [6.45, 7) is 1.48. The Morgan fingerprint density at radius 1 is 1.46 bits per heavy atom. The second kappa shape index (κ2) is 8.77. The highest BCUT2D eigenvalue weighted by Gasteiger charge is 2.18. The van der Waals surface area contributed by atoms with Crippen molar-refractivity contribution in [2.75, 3.05) is 18.2 Å². The molecule has 9 nitrogen and oxygen atoms in total. The lowest BCUT2D eigenvalue weighted by atomic mass is 10.1. The zero-order valence-electron chi connectivity index (χ0n) is 14.6. The number of carbonyl (C=O) groups excluding carboxylic acids is 1. The molecule has 0 fully saturated rings. The Labute approximate surface area is 151 Å². The molecular weight excluding hydrogens is 336 g/mol. The summed E-state index contributed by atoms with van der Waals surface area (Å²) in [5.74, 6) is -0.0520. The number of amides is 2. The number of aliphatic hydroxyl groups is 1. The third kappa shape index (κ3) is 4.45. The SMILES string of the molecule is CCC(NC(=O)Nc1cc(N)c(C(=N)OC)c(CO)n1)c1ccccn1. The van der Waals surface area contributed by atoms with E-state index in [1.54, 1.807) is 12.3 Å². The summed E-state index contributed by atoms with van der Waals surface area (Å²) in [5.41, 5.74) is 7.17. The number of nitrogens with two attached hydrogens (primary N) is 1. The number of hydrogen-bond acceptors (Lipinski definition) is 7. The molecule has 9 heteroatoms. The van der Waals surface area contributed by atoms with Crippen LogP contribution in [0.3, 0.4) is 0 Å². The number of nitrogen functional groups attached to an aromatic ring is 1. The number of pyridine rings is 2. The van der Waals surface area contributed by atoms with Crippen LogP contribution in [0.15, 0.2) is 30.5 Å². The monoisotopic (exact) mass is 358 g/mol. The van der Waals surface area contributed by atoms with Gasteiger partial charge in [-0.2, -0.15) is 0 Å². The van der Waals surface area contributed by atoms with E-state index in [-0.39, 0.29) is 34.7 Å². The molecule has 2 rings (SSSR count). The fourth-order valence-electron chi connectivity index (χ4n) is 2.44. The average Bonchev–Trinajstić information content (AvgIpc) is 2.65. The summed E-state index contributed by atoms with van der Waals surface area (Å²) in [7, 11) is 1.32. The van der Waals surface area contributed by atoms with Gasteiger partial charge in [-0.1, -0.05) is 13.0 Å². The van der Waals surface area contributed by atoms with Crippen LogP contribution in [-0.2, 0) is 11.3 Å². The van der Waals surface area contributed by atoms with Gasteiger partial charge in [0.2, 0.25) is 5.90 Å². The van der Waals surface area contributed by atoms with Gasteiger partial charge in [0.05, 0.1) is 36.7 Å². The van der Waals surface area contributed by atoms with Crippen LogP contribution in [0.2, 0.25) is 0 Å². The van der Waals surface area contributed by atoms with E-state index in [9.17, 15) is 9.90 Å². The number of rotatable bonds is 6. The Bertz CT molecular complexity index is 782. The predicted octanol–water partition coefficient (Wildman–Crippen LogP) is 1.80. The van der Waals surface area contributed by atoms with E-state index in [4.69, 9.17) is 15.9 Å². The minimum atomic E-state index is -0.479. The summed E-state index contributed by atoms with van der Waals surface area (Å²) < 4.78 is 4.84. The first-order chi connectivity index (χ1) is 12.5. The third-order valence-corrected chi connectivity index (χ3v) is 3.71. The Hall–Kier alpha value is -3.20. The Balaban J connectivity index is 2.16. The van der Waals surface area contributed by atoms with Crippen LogP contribution in [0.5, 0.6) is 0 Å². The second-order valence-corrected chi connectivity index (χ2v) is 5.42. The van der Waals surface area contributed by atoms with Gasteiger partial charge in [0.1, 0.15) is 5.82 Å². The van der Waals surface area contributed by atoms with Crippen molar-refractivity contribution in [1.82, 2.24) is 15.3 Å². The smallest absolute Gasteiger partial charge is 0.320 e. The van der Waals surface area contributed by atoms with Crippen molar-refractivity contribution in [3.05, 3.63) is 47.4 Å². The van der Waals surface area contributed by atoms with Gasteiger partial charge in [-0.15, -0.1) is 0 Å². The van der Waals surface area contributed by atoms with E-state index in [1.807, 2.05) is 19.1 Å². The standard InChI is InChI=1S/C17H22N6O3/c1-3-11(12-6-4-5-7-20-12)22-17(25)23-14-8-10(18)15(16(19)26-2)13(9-24)21-14/h4-8,11,19,24H,3,9H2,1-2H3,(H4,18,21,22,23,25). The van der Waals surface area contributed by atoms with Crippen LogP contribution >= 0.6 is 0 Å². The van der Waals surface area contributed by atoms with E-state index >= 15 is 0 Å². The number of aromatic nitrogens is 2. The first kappa shape index (κ1) is 19.1. The number of nitrogens with one attached hydrogen (secondary N) is 3. The highest BCUT2D eigenvalue weighted by molar-refractivity contribution is 5.99. The fourth-order valence-corrected chi connectivity index (χ4v) is 2.44. The van der Waals surface area contributed by atoms with Gasteiger partial charge in [-0.25, -0.2) is 9.78 Å². The molecule has 2 heterocycles. The van der Waals surface area contributed by atoms with Crippen molar-refractivity contribution in [1.29, 1.82) is 5.41 Å². The molecule has 0 radical (unpaired) electrons. The van der Waals surface area contributed by atoms with Gasteiger partial charge in [0, 0.05) is 18.0 Å². The van der Waals surface area contributed by atoms with E-state index in [0.29, 0.717) is 6.42 Å². The molecular formula is C17H22N6O3. The van der Waals surface area contributed by atoms with E-state index in [0.717, 1.165) is 5.69 Å². The molecule has 0 aliphatic carbocycles. The molecule has 2 aromatic rings. The van der Waals surface area contributed by atoms with E-state index < -0.39 is 12.6 Å². The van der Waals surface area contributed by atoms with Crippen LogP contribution in [-0.4, -0.2) is 34.1 Å². The molecule has 26 heavy (non-hydrogen) atoms. The maximum Gasteiger partial charge on any atom is 0.320 e. The van der Waals surface area contributed by atoms with E-state index in [1.165, 1.54) is 13.2 Å². The molecule has 0 aliphatic heterocycles. The number of ether oxygens (including phenoxy) is 1. The number of nitrogens with zero attached hydrogens (tertiary/aromatic N) is 2. The molecule has 138 valence electrons. The van der Waals surface area contributed by atoms with Crippen LogP contribution in [0.25, 0.3) is 0 Å². The lowest BCUT2D eigenvalue weighted by Crippen LogP contribution is -2.33. The first-order valence-electron chi connectivity index (χ1n) is 8.01. The normalized spacial score (nSPS) is 11.5. The van der Waals surface area contributed by atoms with Crippen molar-refractivity contribution in [3.63, 3.8) is 0 Å². The summed E-state index contributed by atoms with van der Waals surface area (Å²) in [5, 5.41) is 22.6. The number of anilines is 2. The van der Waals surface area contributed by atoms with Crippen LogP contribution in [0, 0.1) is 5.41 Å². The topological polar surface area (TPSA) is 146 Å². The predicted molar refractivity (Wildman–Crippen MR) is 97.8 cm³/mol. The first-order valence-corrected chi connectivity index (χ1v) is 8.01. The molecule has 0 aromatic carbocycles. The minimum Gasteiger partial charge on any atom is -0.481 e. The minimum absolute atomic E-state index is 0.143. The molecule has 0 aliphatic rings. The highest BCUT2D eigenvalue weighted by Crippen LogP contribution is 2.21. The lowest BCUT2D eigenvalue weighted by molar-refractivity contribution is 0.247. The molecule has 0 bridgehead atoms. The maximum absolute atomic E-state index is 12.3. The van der Waals surface area contributed by atoms with Crippen LogP contribution < -0.4 is 16.4 Å². The molecule has 1 atom stereocenters. The average molecular weight is 358 g/mol. The van der Waals surface area contributed by atoms with Gasteiger partial charge in [0.15, 0.2) is 0 Å². The second-order valence-electron chi connectivity index (χ2n) is 5.42. The molecule has 0 saturated heterocycles. The van der Waals surface area contributed by atoms with Gasteiger partial charge < -0.3 is 20.9 Å². The van der Waals surface area contributed by atoms with Crippen molar-refractivity contribution in [2.45, 2.75) is 26.0 Å². The number of carbonyl (C=O) groups is 1. The Kier molecular flexibility index (Phi) is 6.45. The summed E-state index contributed by atoms with van der Waals surface area (Å²) in [4.78, 5) is 20.7. The van der Waals surface area contributed by atoms with Gasteiger partial charge in [-0.3, -0.25) is 15.7 Å². The Morgan fingerprint density at radius 2 is 2.23 bits per heavy atom. The zero-order chi connectivity index (χ0) is 19.1. The molecule has 2 amide bonds. The van der Waals surface area contributed by atoms with Crippen molar-refractivity contribution >= 4 is 23.4 Å². The number of aliphatic hydroxyl groups excluding tert-OH is 1. The zero-order valence-corrected chi connectivity index (χ0v) is 14.6. The summed E-state index contributed by atoms with van der Waals surface area (Å²) >= 11 is 0. The maximum atomic E-state index is 12.3. The highest BCUT2D eigenvalue weighted by atomic mass is 16.5. The van der Waals surface area contributed by atoms with Crippen molar-refractivity contribution < 1.29 is 14.6 Å². The van der Waals surface area contributed by atoms with Crippen molar-refractivity contribution in [2.24, 2.45) is 0 Å². The molecule has 0 saturated carbocycles. The summed E-state index contributed by atoms with van der Waals surface area (Å²) in [6.07, 6.45) is 2.32. The van der Waals surface area contributed by atoms with Gasteiger partial charge in [0.25, 0.3) is 0 Å².